The molecule has 2 aromatic rings. The minimum Gasteiger partial charge on any atom is -0.365 e. The normalized spacial score (nSPS) is 23.8. The number of carbonyl (C=O) groups is 2. The molecule has 1 fully saturated rings. The number of anilines is 1. The van der Waals surface area contributed by atoms with Gasteiger partial charge in [-0.15, -0.1) is 11.3 Å². The molecule has 0 saturated heterocycles. The van der Waals surface area contributed by atoms with Crippen molar-refractivity contribution in [1.82, 2.24) is 0 Å². The molecule has 2 aliphatic rings. The van der Waals surface area contributed by atoms with Crippen LogP contribution in [0.2, 0.25) is 0 Å². The SMILES string of the molecule is CC(C)(C)[C@H]1CCc2c(sc(NC(=O)[C@H]3C[C@@H]3c3ccccc3)c2C(N)=O)C1. The van der Waals surface area contributed by atoms with Crippen molar-refractivity contribution < 1.29 is 9.59 Å². The topological polar surface area (TPSA) is 72.2 Å². The minimum atomic E-state index is -0.433. The fraction of sp³-hybridized carbons (Fsp3) is 0.478. The predicted octanol–water partition coefficient (Wildman–Crippen LogP) is 4.74. The van der Waals surface area contributed by atoms with Gasteiger partial charge in [-0.05, 0) is 54.1 Å². The standard InChI is InChI=1S/C23H28N2O2S/c1-23(2,3)14-9-10-15-18(11-14)28-22(19(15)20(24)26)25-21(27)17-12-16(17)13-7-5-4-6-8-13/h4-8,14,16-17H,9-12H2,1-3H3,(H2,24,26)(H,25,27)/t14-,16+,17-/m0/s1. The van der Waals surface area contributed by atoms with Crippen molar-refractivity contribution in [2.24, 2.45) is 23.0 Å². The number of thiophene rings is 1. The lowest BCUT2D eigenvalue weighted by Gasteiger charge is -2.33. The molecule has 5 heteroatoms. The molecule has 0 spiro atoms. The maximum absolute atomic E-state index is 12.8. The van der Waals surface area contributed by atoms with Gasteiger partial charge in [-0.1, -0.05) is 51.1 Å². The second-order valence-corrected chi connectivity index (χ2v) is 10.3. The largest absolute Gasteiger partial charge is 0.365 e. The van der Waals surface area contributed by atoms with Crippen LogP contribution in [-0.4, -0.2) is 11.8 Å². The summed E-state index contributed by atoms with van der Waals surface area (Å²) in [5.41, 5.74) is 8.74. The van der Waals surface area contributed by atoms with Gasteiger partial charge in [0.2, 0.25) is 5.91 Å². The van der Waals surface area contributed by atoms with Gasteiger partial charge >= 0.3 is 0 Å². The van der Waals surface area contributed by atoms with Crippen molar-refractivity contribution in [2.75, 3.05) is 5.32 Å². The van der Waals surface area contributed by atoms with Gasteiger partial charge in [0.1, 0.15) is 5.00 Å². The van der Waals surface area contributed by atoms with E-state index in [0.29, 0.717) is 16.5 Å². The number of carbonyl (C=O) groups excluding carboxylic acids is 2. The number of fused-ring (bicyclic) bond motifs is 1. The summed E-state index contributed by atoms with van der Waals surface area (Å²) in [5.74, 6) is 0.399. The van der Waals surface area contributed by atoms with E-state index >= 15 is 0 Å². The molecular formula is C23H28N2O2S. The van der Waals surface area contributed by atoms with E-state index in [1.54, 1.807) is 11.3 Å². The monoisotopic (exact) mass is 396 g/mol. The fourth-order valence-electron chi connectivity index (χ4n) is 4.43. The van der Waals surface area contributed by atoms with Crippen molar-refractivity contribution in [2.45, 2.75) is 52.4 Å². The first-order valence-electron chi connectivity index (χ1n) is 10.1. The molecule has 0 bridgehead atoms. The van der Waals surface area contributed by atoms with E-state index in [2.05, 4.69) is 38.2 Å². The third-order valence-electron chi connectivity index (χ3n) is 6.33. The highest BCUT2D eigenvalue weighted by molar-refractivity contribution is 7.17. The molecule has 0 aliphatic heterocycles. The molecule has 4 nitrogen and oxygen atoms in total. The number of benzene rings is 1. The van der Waals surface area contributed by atoms with E-state index in [1.807, 2.05) is 18.2 Å². The summed E-state index contributed by atoms with van der Waals surface area (Å²) in [4.78, 5) is 26.2. The summed E-state index contributed by atoms with van der Waals surface area (Å²) >= 11 is 1.55. The maximum Gasteiger partial charge on any atom is 0.251 e. The summed E-state index contributed by atoms with van der Waals surface area (Å²) in [6.07, 6.45) is 3.73. The van der Waals surface area contributed by atoms with Crippen LogP contribution in [0, 0.1) is 17.3 Å². The van der Waals surface area contributed by atoms with Crippen molar-refractivity contribution in [3.05, 3.63) is 51.9 Å². The van der Waals surface area contributed by atoms with Crippen molar-refractivity contribution >= 4 is 28.2 Å². The highest BCUT2D eigenvalue weighted by atomic mass is 32.1. The molecule has 1 aromatic heterocycles. The van der Waals surface area contributed by atoms with Gasteiger partial charge in [0, 0.05) is 10.8 Å². The summed E-state index contributed by atoms with van der Waals surface area (Å²) in [6.45, 7) is 6.81. The number of hydrogen-bond donors (Lipinski definition) is 2. The number of primary amides is 1. The molecule has 1 saturated carbocycles. The van der Waals surface area contributed by atoms with Crippen LogP contribution in [0.25, 0.3) is 0 Å². The van der Waals surface area contributed by atoms with Crippen molar-refractivity contribution in [3.63, 3.8) is 0 Å². The van der Waals surface area contributed by atoms with Crippen molar-refractivity contribution in [1.29, 1.82) is 0 Å². The zero-order chi connectivity index (χ0) is 20.1. The minimum absolute atomic E-state index is 0.00215. The average molecular weight is 397 g/mol. The maximum atomic E-state index is 12.8. The predicted molar refractivity (Wildman–Crippen MR) is 114 cm³/mol. The van der Waals surface area contributed by atoms with Crippen LogP contribution >= 0.6 is 11.3 Å². The van der Waals surface area contributed by atoms with Crippen LogP contribution in [-0.2, 0) is 17.6 Å². The van der Waals surface area contributed by atoms with Gasteiger partial charge < -0.3 is 11.1 Å². The number of hydrogen-bond acceptors (Lipinski definition) is 3. The van der Waals surface area contributed by atoms with Gasteiger partial charge in [0.25, 0.3) is 5.91 Å². The highest BCUT2D eigenvalue weighted by Gasteiger charge is 2.44. The van der Waals surface area contributed by atoms with E-state index < -0.39 is 5.91 Å². The van der Waals surface area contributed by atoms with Gasteiger partial charge in [0.05, 0.1) is 5.56 Å². The summed E-state index contributed by atoms with van der Waals surface area (Å²) < 4.78 is 0. The Morgan fingerprint density at radius 1 is 1.18 bits per heavy atom. The molecule has 1 aromatic carbocycles. The van der Waals surface area contributed by atoms with E-state index in [1.165, 1.54) is 10.4 Å². The molecule has 3 N–H and O–H groups in total. The summed E-state index contributed by atoms with van der Waals surface area (Å²) in [6, 6.07) is 10.1. The number of nitrogens with one attached hydrogen (secondary N) is 1. The van der Waals surface area contributed by atoms with E-state index in [-0.39, 0.29) is 23.2 Å². The van der Waals surface area contributed by atoms with E-state index in [0.717, 1.165) is 31.2 Å². The lowest BCUT2D eigenvalue weighted by Crippen LogP contribution is -2.27. The molecule has 4 rings (SSSR count). The fourth-order valence-corrected chi connectivity index (χ4v) is 5.77. The Balaban J connectivity index is 1.53. The van der Waals surface area contributed by atoms with Crippen LogP contribution in [0.5, 0.6) is 0 Å². The number of amides is 2. The van der Waals surface area contributed by atoms with Crippen LogP contribution in [0.15, 0.2) is 30.3 Å². The third-order valence-corrected chi connectivity index (χ3v) is 7.50. The highest BCUT2D eigenvalue weighted by Crippen LogP contribution is 2.49. The zero-order valence-electron chi connectivity index (χ0n) is 16.7. The number of rotatable bonds is 4. The van der Waals surface area contributed by atoms with Gasteiger partial charge in [-0.25, -0.2) is 0 Å². The molecule has 3 atom stereocenters. The lowest BCUT2D eigenvalue weighted by atomic mass is 9.72. The number of nitrogens with two attached hydrogens (primary N) is 1. The van der Waals surface area contributed by atoms with E-state index in [9.17, 15) is 9.59 Å². The molecule has 0 radical (unpaired) electrons. The average Bonchev–Trinajstić information content (AvgIpc) is 3.36. The van der Waals surface area contributed by atoms with Gasteiger partial charge in [0.15, 0.2) is 0 Å². The lowest BCUT2D eigenvalue weighted by molar-refractivity contribution is -0.117. The Morgan fingerprint density at radius 3 is 2.54 bits per heavy atom. The van der Waals surface area contributed by atoms with Crippen LogP contribution < -0.4 is 11.1 Å². The third kappa shape index (κ3) is 3.60. The zero-order valence-corrected chi connectivity index (χ0v) is 17.6. The second kappa shape index (κ2) is 7.03. The first-order valence-corrected chi connectivity index (χ1v) is 10.9. The molecule has 28 heavy (non-hydrogen) atoms. The van der Waals surface area contributed by atoms with Crippen LogP contribution in [0.4, 0.5) is 5.00 Å². The first kappa shape index (κ1) is 19.2. The Hall–Kier alpha value is -2.14. The Morgan fingerprint density at radius 2 is 1.89 bits per heavy atom. The summed E-state index contributed by atoms with van der Waals surface area (Å²) in [5, 5.41) is 3.69. The summed E-state index contributed by atoms with van der Waals surface area (Å²) in [7, 11) is 0. The molecule has 2 aliphatic carbocycles. The van der Waals surface area contributed by atoms with Crippen molar-refractivity contribution in [3.8, 4) is 0 Å². The smallest absolute Gasteiger partial charge is 0.251 e. The molecule has 2 amide bonds. The molecule has 148 valence electrons. The molecular weight excluding hydrogens is 368 g/mol. The molecule has 0 unspecified atom stereocenters. The second-order valence-electron chi connectivity index (χ2n) is 9.23. The van der Waals surface area contributed by atoms with E-state index in [4.69, 9.17) is 5.73 Å². The van der Waals surface area contributed by atoms with Gasteiger partial charge in [-0.3, -0.25) is 9.59 Å². The first-order chi connectivity index (χ1) is 13.3. The Labute approximate surface area is 170 Å². The quantitative estimate of drug-likeness (QED) is 0.783. The van der Waals surface area contributed by atoms with Crippen LogP contribution in [0.3, 0.4) is 0 Å². The van der Waals surface area contributed by atoms with Gasteiger partial charge in [-0.2, -0.15) is 0 Å². The Kier molecular flexibility index (Phi) is 4.82. The Bertz CT molecular complexity index is 911. The molecule has 1 heterocycles. The van der Waals surface area contributed by atoms with Crippen LogP contribution in [0.1, 0.15) is 65.9 Å².